The second kappa shape index (κ2) is 4.87. The number of rotatable bonds is 2. The number of aromatic nitrogens is 2. The Hall–Kier alpha value is -1.11. The fourth-order valence-electron chi connectivity index (χ4n) is 1.89. The van der Waals surface area contributed by atoms with Gasteiger partial charge in [-0.3, -0.25) is 0 Å². The Morgan fingerprint density at radius 2 is 2.11 bits per heavy atom. The number of anilines is 1. The lowest BCUT2D eigenvalue weighted by Gasteiger charge is -2.31. The molecule has 0 amide bonds. The molecule has 0 spiro atoms. The van der Waals surface area contributed by atoms with Gasteiger partial charge in [0.1, 0.15) is 4.88 Å². The number of likely N-dealkylation sites (N-methyl/N-ethyl adjacent to an activating group) is 1. The van der Waals surface area contributed by atoms with Crippen molar-refractivity contribution in [2.75, 3.05) is 38.1 Å². The van der Waals surface area contributed by atoms with Crippen molar-refractivity contribution >= 4 is 28.9 Å². The van der Waals surface area contributed by atoms with Crippen LogP contribution in [0, 0.1) is 0 Å². The fourth-order valence-corrected chi connectivity index (χ4v) is 2.95. The minimum atomic E-state index is 0.504. The van der Waals surface area contributed by atoms with Gasteiger partial charge in [-0.2, -0.15) is 4.98 Å². The van der Waals surface area contributed by atoms with Gasteiger partial charge in [0.05, 0.1) is 5.02 Å². The molecule has 0 unspecified atom stereocenters. The van der Waals surface area contributed by atoms with E-state index < -0.39 is 0 Å². The normalized spacial score (nSPS) is 17.3. The molecule has 1 aliphatic heterocycles. The molecule has 0 aliphatic carbocycles. The number of hydrogen-bond acceptors (Lipinski definition) is 6. The van der Waals surface area contributed by atoms with Crippen molar-refractivity contribution in [3.05, 3.63) is 16.5 Å². The van der Waals surface area contributed by atoms with E-state index in [0.717, 1.165) is 31.1 Å². The molecule has 1 aliphatic rings. The SMILES string of the molecule is CN1CCN(c2noc(-c3sccc3Cl)n2)CC1. The van der Waals surface area contributed by atoms with Crippen LogP contribution in [0.15, 0.2) is 16.0 Å². The van der Waals surface area contributed by atoms with Gasteiger partial charge in [-0.15, -0.1) is 11.3 Å². The summed E-state index contributed by atoms with van der Waals surface area (Å²) in [5, 5.41) is 6.61. The lowest BCUT2D eigenvalue weighted by Crippen LogP contribution is -2.44. The van der Waals surface area contributed by atoms with Gasteiger partial charge in [-0.1, -0.05) is 11.6 Å². The minimum absolute atomic E-state index is 0.504. The Kier molecular flexibility index (Phi) is 3.23. The first-order valence-electron chi connectivity index (χ1n) is 5.74. The highest BCUT2D eigenvalue weighted by Gasteiger charge is 2.20. The van der Waals surface area contributed by atoms with E-state index in [1.165, 1.54) is 11.3 Å². The molecule has 0 radical (unpaired) electrons. The van der Waals surface area contributed by atoms with Crippen LogP contribution in [0.5, 0.6) is 0 Å². The van der Waals surface area contributed by atoms with Crippen LogP contribution < -0.4 is 4.90 Å². The zero-order chi connectivity index (χ0) is 12.5. The standard InChI is InChI=1S/C11H13ClN4OS/c1-15-3-5-16(6-4-15)11-13-10(17-14-11)9-8(12)2-7-18-9/h2,7H,3-6H2,1H3. The van der Waals surface area contributed by atoms with Crippen molar-refractivity contribution in [1.29, 1.82) is 0 Å². The van der Waals surface area contributed by atoms with Gasteiger partial charge in [-0.05, 0) is 23.7 Å². The van der Waals surface area contributed by atoms with Crippen LogP contribution >= 0.6 is 22.9 Å². The Balaban J connectivity index is 1.80. The third-order valence-corrected chi connectivity index (χ3v) is 4.34. The third kappa shape index (κ3) is 2.23. The van der Waals surface area contributed by atoms with E-state index in [2.05, 4.69) is 27.0 Å². The average Bonchev–Trinajstić information content (AvgIpc) is 2.98. The molecule has 0 N–H and O–H groups in total. The molecule has 3 heterocycles. The zero-order valence-corrected chi connectivity index (χ0v) is 11.5. The molecule has 2 aromatic heterocycles. The van der Waals surface area contributed by atoms with Crippen molar-refractivity contribution < 1.29 is 4.52 Å². The van der Waals surface area contributed by atoms with Crippen molar-refractivity contribution in [2.24, 2.45) is 0 Å². The van der Waals surface area contributed by atoms with E-state index in [-0.39, 0.29) is 0 Å². The lowest BCUT2D eigenvalue weighted by molar-refractivity contribution is 0.309. The summed E-state index contributed by atoms with van der Waals surface area (Å²) >= 11 is 7.56. The molecule has 18 heavy (non-hydrogen) atoms. The molecule has 7 heteroatoms. The monoisotopic (exact) mass is 284 g/mol. The van der Waals surface area contributed by atoms with Gasteiger partial charge < -0.3 is 14.3 Å². The van der Waals surface area contributed by atoms with Crippen LogP contribution in [0.1, 0.15) is 0 Å². The van der Waals surface area contributed by atoms with Crippen molar-refractivity contribution in [3.8, 4) is 10.8 Å². The Labute approximate surface area is 114 Å². The maximum Gasteiger partial charge on any atom is 0.271 e. The predicted octanol–water partition coefficient (Wildman–Crippen LogP) is 2.20. The molecule has 2 aromatic rings. The molecular weight excluding hydrogens is 272 g/mol. The Morgan fingerprint density at radius 3 is 2.78 bits per heavy atom. The predicted molar refractivity (Wildman–Crippen MR) is 72.3 cm³/mol. The van der Waals surface area contributed by atoms with E-state index >= 15 is 0 Å². The van der Waals surface area contributed by atoms with Crippen LogP contribution in [0.3, 0.4) is 0 Å². The molecule has 96 valence electrons. The molecule has 1 saturated heterocycles. The van der Waals surface area contributed by atoms with E-state index in [9.17, 15) is 0 Å². The molecule has 0 saturated carbocycles. The first-order valence-corrected chi connectivity index (χ1v) is 7.00. The quantitative estimate of drug-likeness (QED) is 0.846. The van der Waals surface area contributed by atoms with E-state index in [1.807, 2.05) is 11.4 Å². The molecule has 1 fully saturated rings. The molecule has 0 atom stereocenters. The first kappa shape index (κ1) is 12.0. The van der Waals surface area contributed by atoms with Gasteiger partial charge in [0.2, 0.25) is 0 Å². The largest absolute Gasteiger partial charge is 0.336 e. The summed E-state index contributed by atoms with van der Waals surface area (Å²) < 4.78 is 5.28. The van der Waals surface area contributed by atoms with Gasteiger partial charge in [0.25, 0.3) is 11.8 Å². The number of nitrogens with zero attached hydrogens (tertiary/aromatic N) is 4. The number of piperazine rings is 1. The summed E-state index contributed by atoms with van der Waals surface area (Å²) in [6, 6.07) is 1.83. The minimum Gasteiger partial charge on any atom is -0.336 e. The van der Waals surface area contributed by atoms with Crippen LogP contribution in [0.2, 0.25) is 5.02 Å². The topological polar surface area (TPSA) is 45.4 Å². The number of thiophene rings is 1. The second-order valence-electron chi connectivity index (χ2n) is 4.29. The number of hydrogen-bond donors (Lipinski definition) is 0. The number of halogens is 1. The van der Waals surface area contributed by atoms with E-state index in [0.29, 0.717) is 16.9 Å². The average molecular weight is 285 g/mol. The van der Waals surface area contributed by atoms with E-state index in [4.69, 9.17) is 16.1 Å². The highest BCUT2D eigenvalue weighted by atomic mass is 35.5. The van der Waals surface area contributed by atoms with Crippen LogP contribution in [-0.2, 0) is 0 Å². The highest BCUT2D eigenvalue weighted by Crippen LogP contribution is 2.32. The molecule has 3 rings (SSSR count). The first-order chi connectivity index (χ1) is 8.74. The second-order valence-corrected chi connectivity index (χ2v) is 5.61. The van der Waals surface area contributed by atoms with Crippen LogP contribution in [-0.4, -0.2) is 48.3 Å². The van der Waals surface area contributed by atoms with Gasteiger partial charge >= 0.3 is 0 Å². The van der Waals surface area contributed by atoms with Crippen molar-refractivity contribution in [2.45, 2.75) is 0 Å². The maximum atomic E-state index is 6.05. The van der Waals surface area contributed by atoms with E-state index in [1.54, 1.807) is 0 Å². The smallest absolute Gasteiger partial charge is 0.271 e. The van der Waals surface area contributed by atoms with Crippen LogP contribution in [0.25, 0.3) is 10.8 Å². The van der Waals surface area contributed by atoms with Gasteiger partial charge in [0.15, 0.2) is 0 Å². The molecule has 0 aromatic carbocycles. The van der Waals surface area contributed by atoms with Crippen molar-refractivity contribution in [1.82, 2.24) is 15.0 Å². The summed E-state index contributed by atoms with van der Waals surface area (Å²) in [4.78, 5) is 9.67. The Morgan fingerprint density at radius 1 is 1.33 bits per heavy atom. The van der Waals surface area contributed by atoms with Crippen molar-refractivity contribution in [3.63, 3.8) is 0 Å². The molecule has 5 nitrogen and oxygen atoms in total. The Bertz CT molecular complexity index is 533. The lowest BCUT2D eigenvalue weighted by atomic mass is 10.3. The summed E-state index contributed by atoms with van der Waals surface area (Å²) in [6.07, 6.45) is 0. The zero-order valence-electron chi connectivity index (χ0n) is 9.97. The van der Waals surface area contributed by atoms with Crippen LogP contribution in [0.4, 0.5) is 5.95 Å². The fraction of sp³-hybridized carbons (Fsp3) is 0.455. The molecular formula is C11H13ClN4OS. The summed E-state index contributed by atoms with van der Waals surface area (Å²) in [5.74, 6) is 1.16. The molecule has 0 bridgehead atoms. The maximum absolute atomic E-state index is 6.05. The summed E-state index contributed by atoms with van der Waals surface area (Å²) in [7, 11) is 2.12. The summed E-state index contributed by atoms with van der Waals surface area (Å²) in [6.45, 7) is 3.88. The summed E-state index contributed by atoms with van der Waals surface area (Å²) in [5.41, 5.74) is 0. The third-order valence-electron chi connectivity index (χ3n) is 3.01. The highest BCUT2D eigenvalue weighted by molar-refractivity contribution is 7.14. The van der Waals surface area contributed by atoms with Gasteiger partial charge in [-0.25, -0.2) is 0 Å². The van der Waals surface area contributed by atoms with Gasteiger partial charge in [0, 0.05) is 26.2 Å².